The number of hydrogen-bond donors (Lipinski definition) is 1. The van der Waals surface area contributed by atoms with Crippen molar-refractivity contribution in [3.05, 3.63) is 71.4 Å². The molecule has 6 heteroatoms. The molecule has 0 aliphatic rings. The van der Waals surface area contributed by atoms with Crippen LogP contribution >= 0.6 is 0 Å². The molecular weight excluding hydrogens is 354 g/mol. The predicted octanol–water partition coefficient (Wildman–Crippen LogP) is 3.94. The largest absolute Gasteiger partial charge is 0.340 e. The summed E-state index contributed by atoms with van der Waals surface area (Å²) in [5.74, 6) is -0.931. The van der Waals surface area contributed by atoms with E-state index in [1.54, 1.807) is 18.2 Å². The van der Waals surface area contributed by atoms with E-state index in [-0.39, 0.29) is 6.42 Å². The highest BCUT2D eigenvalue weighted by Crippen LogP contribution is 2.21. The van der Waals surface area contributed by atoms with Crippen molar-refractivity contribution in [3.63, 3.8) is 0 Å². The fraction of sp³-hybridized carbons (Fsp3) is 0.227. The third-order valence-corrected chi connectivity index (χ3v) is 4.46. The minimum Gasteiger partial charge on any atom is -0.340 e. The standard InChI is InChI=1S/C22H21N3O3/c1-2-3-8-21(26)28-24-22(27)20-13-18-6-4-5-7-19(18)25(20)15-17-11-9-16(14-23)10-12-17/h4-7,9-13H,2-3,8,15H2,1H3,(H,24,27). The van der Waals surface area contributed by atoms with Gasteiger partial charge in [0.05, 0.1) is 11.6 Å². The monoisotopic (exact) mass is 375 g/mol. The van der Waals surface area contributed by atoms with Gasteiger partial charge in [-0.2, -0.15) is 10.7 Å². The Bertz CT molecular complexity index is 1030. The van der Waals surface area contributed by atoms with Crippen LogP contribution in [-0.4, -0.2) is 16.4 Å². The topological polar surface area (TPSA) is 84.1 Å². The lowest BCUT2D eigenvalue weighted by molar-refractivity contribution is -0.149. The normalized spacial score (nSPS) is 10.4. The van der Waals surface area contributed by atoms with E-state index in [4.69, 9.17) is 10.1 Å². The number of nitrogens with one attached hydrogen (secondary N) is 1. The van der Waals surface area contributed by atoms with E-state index in [1.165, 1.54) is 0 Å². The molecule has 3 rings (SSSR count). The molecule has 1 amide bonds. The van der Waals surface area contributed by atoms with Crippen molar-refractivity contribution >= 4 is 22.8 Å². The molecule has 0 aliphatic heterocycles. The number of unbranched alkanes of at least 4 members (excludes halogenated alkanes) is 1. The number of benzene rings is 2. The summed E-state index contributed by atoms with van der Waals surface area (Å²) in [6, 6.07) is 18.8. The maximum Gasteiger partial charge on any atom is 0.332 e. The fourth-order valence-corrected chi connectivity index (χ4v) is 2.96. The minimum absolute atomic E-state index is 0.269. The third-order valence-electron chi connectivity index (χ3n) is 4.46. The Morgan fingerprint density at radius 1 is 1.14 bits per heavy atom. The van der Waals surface area contributed by atoms with Crippen molar-refractivity contribution in [2.75, 3.05) is 0 Å². The first kappa shape index (κ1) is 19.2. The van der Waals surface area contributed by atoms with Gasteiger partial charge in [-0.25, -0.2) is 4.79 Å². The zero-order valence-corrected chi connectivity index (χ0v) is 15.6. The number of carbonyl (C=O) groups is 2. The number of hydroxylamine groups is 1. The molecule has 3 aromatic rings. The van der Waals surface area contributed by atoms with E-state index in [2.05, 4.69) is 11.5 Å². The number of hydrogen-bond acceptors (Lipinski definition) is 4. The SMILES string of the molecule is CCCCC(=O)ONC(=O)c1cc2ccccc2n1Cc1ccc(C#N)cc1. The van der Waals surface area contributed by atoms with Crippen LogP contribution < -0.4 is 5.48 Å². The predicted molar refractivity (Wildman–Crippen MR) is 105 cm³/mol. The summed E-state index contributed by atoms with van der Waals surface area (Å²) < 4.78 is 1.87. The Morgan fingerprint density at radius 2 is 1.89 bits per heavy atom. The smallest absolute Gasteiger partial charge is 0.332 e. The second-order valence-electron chi connectivity index (χ2n) is 6.49. The van der Waals surface area contributed by atoms with Gasteiger partial charge < -0.3 is 9.40 Å². The molecule has 0 unspecified atom stereocenters. The van der Waals surface area contributed by atoms with Gasteiger partial charge in [0.2, 0.25) is 0 Å². The van der Waals surface area contributed by atoms with Crippen molar-refractivity contribution in [1.82, 2.24) is 10.0 Å². The molecule has 0 aliphatic carbocycles. The lowest BCUT2D eigenvalue weighted by Crippen LogP contribution is -2.29. The van der Waals surface area contributed by atoms with E-state index in [9.17, 15) is 9.59 Å². The summed E-state index contributed by atoms with van der Waals surface area (Å²) in [4.78, 5) is 29.2. The maximum atomic E-state index is 12.7. The number of nitrogens with zero attached hydrogens (tertiary/aromatic N) is 2. The molecule has 1 heterocycles. The van der Waals surface area contributed by atoms with Crippen LogP contribution in [0.4, 0.5) is 0 Å². The summed E-state index contributed by atoms with van der Waals surface area (Å²) in [5, 5.41) is 9.87. The summed E-state index contributed by atoms with van der Waals surface area (Å²) in [6.45, 7) is 2.43. The van der Waals surface area contributed by atoms with Crippen LogP contribution in [0.25, 0.3) is 10.9 Å². The number of rotatable bonds is 6. The van der Waals surface area contributed by atoms with Gasteiger partial charge in [0.1, 0.15) is 5.69 Å². The lowest BCUT2D eigenvalue weighted by atomic mass is 10.1. The number of nitriles is 1. The quantitative estimate of drug-likeness (QED) is 0.662. The fourth-order valence-electron chi connectivity index (χ4n) is 2.96. The van der Waals surface area contributed by atoms with Crippen molar-refractivity contribution in [1.29, 1.82) is 5.26 Å². The first-order valence-electron chi connectivity index (χ1n) is 9.19. The molecule has 28 heavy (non-hydrogen) atoms. The van der Waals surface area contributed by atoms with Gasteiger partial charge in [0.25, 0.3) is 0 Å². The highest BCUT2D eigenvalue weighted by Gasteiger charge is 2.17. The molecule has 0 atom stereocenters. The number of para-hydroxylation sites is 1. The van der Waals surface area contributed by atoms with Crippen LogP contribution in [0.5, 0.6) is 0 Å². The third kappa shape index (κ3) is 4.38. The molecule has 0 fully saturated rings. The van der Waals surface area contributed by atoms with Gasteiger partial charge in [-0.1, -0.05) is 43.7 Å². The van der Waals surface area contributed by atoms with Crippen LogP contribution in [-0.2, 0) is 16.2 Å². The number of aromatic nitrogens is 1. The van der Waals surface area contributed by atoms with Gasteiger partial charge in [0.15, 0.2) is 0 Å². The highest BCUT2D eigenvalue weighted by atomic mass is 16.7. The summed E-state index contributed by atoms with van der Waals surface area (Å²) in [5.41, 5.74) is 5.09. The average molecular weight is 375 g/mol. The van der Waals surface area contributed by atoms with Crippen LogP contribution in [0.15, 0.2) is 54.6 Å². The van der Waals surface area contributed by atoms with Crippen molar-refractivity contribution in [2.45, 2.75) is 32.7 Å². The Balaban J connectivity index is 1.85. The number of amides is 1. The van der Waals surface area contributed by atoms with Crippen LogP contribution in [0.1, 0.15) is 47.8 Å². The van der Waals surface area contributed by atoms with E-state index < -0.39 is 11.9 Å². The zero-order valence-electron chi connectivity index (χ0n) is 15.6. The summed E-state index contributed by atoms with van der Waals surface area (Å²) in [7, 11) is 0. The van der Waals surface area contributed by atoms with Crippen LogP contribution in [0.3, 0.4) is 0 Å². The Hall–Kier alpha value is -3.59. The van der Waals surface area contributed by atoms with Gasteiger partial charge in [0, 0.05) is 23.9 Å². The molecule has 0 saturated heterocycles. The Morgan fingerprint density at radius 3 is 2.61 bits per heavy atom. The molecule has 0 saturated carbocycles. The van der Waals surface area contributed by atoms with Crippen molar-refractivity contribution in [2.24, 2.45) is 0 Å². The van der Waals surface area contributed by atoms with E-state index in [1.807, 2.05) is 47.9 Å². The van der Waals surface area contributed by atoms with Crippen LogP contribution in [0.2, 0.25) is 0 Å². The maximum absolute atomic E-state index is 12.7. The summed E-state index contributed by atoms with van der Waals surface area (Å²) in [6.07, 6.45) is 1.86. The van der Waals surface area contributed by atoms with E-state index in [0.29, 0.717) is 24.2 Å². The molecule has 0 spiro atoms. The zero-order chi connectivity index (χ0) is 19.9. The molecule has 1 N–H and O–H groups in total. The second kappa shape index (κ2) is 8.87. The minimum atomic E-state index is -0.477. The molecule has 142 valence electrons. The van der Waals surface area contributed by atoms with Gasteiger partial charge in [-0.15, -0.1) is 0 Å². The average Bonchev–Trinajstić information content (AvgIpc) is 3.09. The molecule has 6 nitrogen and oxygen atoms in total. The lowest BCUT2D eigenvalue weighted by Gasteiger charge is -2.11. The first-order chi connectivity index (χ1) is 13.6. The molecule has 2 aromatic carbocycles. The van der Waals surface area contributed by atoms with Gasteiger partial charge >= 0.3 is 11.9 Å². The molecular formula is C22H21N3O3. The van der Waals surface area contributed by atoms with Crippen molar-refractivity contribution < 1.29 is 14.4 Å². The first-order valence-corrected chi connectivity index (χ1v) is 9.19. The van der Waals surface area contributed by atoms with Crippen molar-refractivity contribution in [3.8, 4) is 6.07 Å². The van der Waals surface area contributed by atoms with Crippen LogP contribution in [0, 0.1) is 11.3 Å². The molecule has 0 radical (unpaired) electrons. The second-order valence-corrected chi connectivity index (χ2v) is 6.49. The van der Waals surface area contributed by atoms with Gasteiger partial charge in [-0.3, -0.25) is 4.79 Å². The summed E-state index contributed by atoms with van der Waals surface area (Å²) >= 11 is 0. The highest BCUT2D eigenvalue weighted by molar-refractivity contribution is 5.98. The molecule has 1 aromatic heterocycles. The van der Waals surface area contributed by atoms with Gasteiger partial charge in [-0.05, 0) is 36.2 Å². The Kier molecular flexibility index (Phi) is 6.07. The number of carbonyl (C=O) groups excluding carboxylic acids is 2. The van der Waals surface area contributed by atoms with E-state index in [0.717, 1.165) is 22.9 Å². The number of fused-ring (bicyclic) bond motifs is 1. The Labute approximate surface area is 163 Å². The van der Waals surface area contributed by atoms with E-state index >= 15 is 0 Å². The molecule has 0 bridgehead atoms.